The number of hydrogen-bond donors (Lipinski definition) is 1. The summed E-state index contributed by atoms with van der Waals surface area (Å²) in [5.74, 6) is 1.74. The van der Waals surface area contributed by atoms with Gasteiger partial charge in [-0.15, -0.1) is 10.2 Å². The summed E-state index contributed by atoms with van der Waals surface area (Å²) in [7, 11) is 0. The third-order valence-corrected chi connectivity index (χ3v) is 3.66. The summed E-state index contributed by atoms with van der Waals surface area (Å²) >= 11 is 0. The first kappa shape index (κ1) is 15.7. The second-order valence-corrected chi connectivity index (χ2v) is 5.84. The second-order valence-electron chi connectivity index (χ2n) is 5.84. The summed E-state index contributed by atoms with van der Waals surface area (Å²) in [5.41, 5.74) is 0. The lowest BCUT2D eigenvalue weighted by Gasteiger charge is -2.34. The number of nitrogens with zero attached hydrogens (tertiary/aromatic N) is 4. The van der Waals surface area contributed by atoms with Gasteiger partial charge in [0.05, 0.1) is 0 Å². The van der Waals surface area contributed by atoms with E-state index in [0.717, 1.165) is 38.5 Å². The third-order valence-electron chi connectivity index (χ3n) is 3.66. The molecular formula is C15H25N5O. The molecule has 2 rings (SSSR count). The van der Waals surface area contributed by atoms with Gasteiger partial charge in [-0.3, -0.25) is 4.79 Å². The lowest BCUT2D eigenvalue weighted by Crippen LogP contribution is -2.46. The lowest BCUT2D eigenvalue weighted by molar-refractivity contribution is -0.116. The highest BCUT2D eigenvalue weighted by molar-refractivity contribution is 5.89. The number of piperazine rings is 1. The molecule has 116 valence electrons. The number of carbonyl (C=O) groups excluding carboxylic acids is 1. The van der Waals surface area contributed by atoms with Crippen LogP contribution in [-0.2, 0) is 4.79 Å². The quantitative estimate of drug-likeness (QED) is 0.893. The number of anilines is 2. The molecule has 0 aromatic carbocycles. The Bertz CT molecular complexity index is 452. The van der Waals surface area contributed by atoms with Gasteiger partial charge in [0.1, 0.15) is 0 Å². The zero-order valence-electron chi connectivity index (χ0n) is 13.2. The Balaban J connectivity index is 1.89. The zero-order chi connectivity index (χ0) is 15.2. The Morgan fingerprint density at radius 1 is 1.24 bits per heavy atom. The zero-order valence-corrected chi connectivity index (χ0v) is 13.2. The van der Waals surface area contributed by atoms with Crippen molar-refractivity contribution in [3.63, 3.8) is 0 Å². The second kappa shape index (κ2) is 7.36. The molecular weight excluding hydrogens is 266 g/mol. The third kappa shape index (κ3) is 4.67. The number of hydrogen-bond acceptors (Lipinski definition) is 5. The SMILES string of the molecule is CCN1CCN(c2ccc(NC(=O)CC(C)C)nn2)CC1. The largest absolute Gasteiger partial charge is 0.353 e. The summed E-state index contributed by atoms with van der Waals surface area (Å²) in [6, 6.07) is 3.76. The molecule has 1 saturated heterocycles. The highest BCUT2D eigenvalue weighted by Gasteiger charge is 2.17. The van der Waals surface area contributed by atoms with Crippen LogP contribution in [0.5, 0.6) is 0 Å². The topological polar surface area (TPSA) is 61.4 Å². The summed E-state index contributed by atoms with van der Waals surface area (Å²) in [5, 5.41) is 11.1. The van der Waals surface area contributed by atoms with Crippen LogP contribution < -0.4 is 10.2 Å². The molecule has 0 bridgehead atoms. The Hall–Kier alpha value is -1.69. The first-order chi connectivity index (χ1) is 10.1. The van der Waals surface area contributed by atoms with Crippen LogP contribution in [0.25, 0.3) is 0 Å². The number of rotatable bonds is 5. The van der Waals surface area contributed by atoms with Gasteiger partial charge in [-0.2, -0.15) is 0 Å². The van der Waals surface area contributed by atoms with Crippen LogP contribution in [0.2, 0.25) is 0 Å². The van der Waals surface area contributed by atoms with E-state index in [0.29, 0.717) is 18.2 Å². The molecule has 1 aromatic rings. The fraction of sp³-hybridized carbons (Fsp3) is 0.667. The molecule has 0 saturated carbocycles. The Labute approximate surface area is 126 Å². The number of likely N-dealkylation sites (N-methyl/N-ethyl adjacent to an activating group) is 1. The van der Waals surface area contributed by atoms with Crippen molar-refractivity contribution < 1.29 is 4.79 Å². The predicted molar refractivity (Wildman–Crippen MR) is 84.4 cm³/mol. The van der Waals surface area contributed by atoms with Crippen molar-refractivity contribution in [2.75, 3.05) is 42.9 Å². The minimum Gasteiger partial charge on any atom is -0.353 e. The van der Waals surface area contributed by atoms with E-state index in [4.69, 9.17) is 0 Å². The van der Waals surface area contributed by atoms with Crippen LogP contribution in [0.15, 0.2) is 12.1 Å². The fourth-order valence-corrected chi connectivity index (χ4v) is 2.42. The average molecular weight is 291 g/mol. The molecule has 6 heteroatoms. The van der Waals surface area contributed by atoms with Gasteiger partial charge in [-0.05, 0) is 24.6 Å². The van der Waals surface area contributed by atoms with Gasteiger partial charge in [0.25, 0.3) is 0 Å². The minimum atomic E-state index is -0.0105. The maximum atomic E-state index is 11.7. The van der Waals surface area contributed by atoms with Crippen LogP contribution in [0.1, 0.15) is 27.2 Å². The van der Waals surface area contributed by atoms with Crippen molar-refractivity contribution in [1.29, 1.82) is 0 Å². The molecule has 0 radical (unpaired) electrons. The Morgan fingerprint density at radius 2 is 1.95 bits per heavy atom. The van der Waals surface area contributed by atoms with Gasteiger partial charge in [-0.1, -0.05) is 20.8 Å². The molecule has 0 aliphatic carbocycles. The molecule has 0 atom stereocenters. The van der Waals surface area contributed by atoms with E-state index >= 15 is 0 Å². The normalized spacial score (nSPS) is 16.3. The Kier molecular flexibility index (Phi) is 5.50. The van der Waals surface area contributed by atoms with Crippen molar-refractivity contribution in [2.24, 2.45) is 5.92 Å². The van der Waals surface area contributed by atoms with Gasteiger partial charge >= 0.3 is 0 Å². The molecule has 2 heterocycles. The summed E-state index contributed by atoms with van der Waals surface area (Å²) in [4.78, 5) is 16.3. The van der Waals surface area contributed by atoms with Crippen LogP contribution in [0.3, 0.4) is 0 Å². The number of amides is 1. The highest BCUT2D eigenvalue weighted by atomic mass is 16.1. The molecule has 1 N–H and O–H groups in total. The van der Waals surface area contributed by atoms with E-state index in [1.807, 2.05) is 26.0 Å². The number of aromatic nitrogens is 2. The molecule has 1 amide bonds. The molecule has 1 aliphatic heterocycles. The number of nitrogens with one attached hydrogen (secondary N) is 1. The monoisotopic (exact) mass is 291 g/mol. The van der Waals surface area contributed by atoms with E-state index in [2.05, 4.69) is 32.2 Å². The van der Waals surface area contributed by atoms with Gasteiger partial charge in [-0.25, -0.2) is 0 Å². The van der Waals surface area contributed by atoms with E-state index in [1.54, 1.807) is 0 Å². The van der Waals surface area contributed by atoms with Crippen molar-refractivity contribution in [3.05, 3.63) is 12.1 Å². The van der Waals surface area contributed by atoms with Crippen molar-refractivity contribution >= 4 is 17.5 Å². The maximum Gasteiger partial charge on any atom is 0.225 e. The van der Waals surface area contributed by atoms with Crippen LogP contribution in [-0.4, -0.2) is 53.7 Å². The highest BCUT2D eigenvalue weighted by Crippen LogP contribution is 2.14. The van der Waals surface area contributed by atoms with Crippen LogP contribution in [0.4, 0.5) is 11.6 Å². The lowest BCUT2D eigenvalue weighted by atomic mass is 10.1. The molecule has 0 unspecified atom stereocenters. The molecule has 6 nitrogen and oxygen atoms in total. The summed E-state index contributed by atoms with van der Waals surface area (Å²) in [6.07, 6.45) is 0.502. The van der Waals surface area contributed by atoms with Crippen LogP contribution in [0, 0.1) is 5.92 Å². The minimum absolute atomic E-state index is 0.0105. The van der Waals surface area contributed by atoms with Gasteiger partial charge in [0.15, 0.2) is 11.6 Å². The van der Waals surface area contributed by atoms with Crippen molar-refractivity contribution in [1.82, 2.24) is 15.1 Å². The fourth-order valence-electron chi connectivity index (χ4n) is 2.42. The number of carbonyl (C=O) groups is 1. The molecule has 0 spiro atoms. The standard InChI is InChI=1S/C15H25N5O/c1-4-19-7-9-20(10-8-19)14-6-5-13(17-18-14)16-15(21)11-12(2)3/h5-6,12H,4,7-11H2,1-3H3,(H,16,17,21). The van der Waals surface area contributed by atoms with E-state index in [9.17, 15) is 4.79 Å². The summed E-state index contributed by atoms with van der Waals surface area (Å²) < 4.78 is 0. The van der Waals surface area contributed by atoms with Gasteiger partial charge < -0.3 is 15.1 Å². The van der Waals surface area contributed by atoms with E-state index < -0.39 is 0 Å². The van der Waals surface area contributed by atoms with Crippen molar-refractivity contribution in [2.45, 2.75) is 27.2 Å². The molecule has 1 fully saturated rings. The smallest absolute Gasteiger partial charge is 0.225 e. The first-order valence-electron chi connectivity index (χ1n) is 7.69. The molecule has 1 aromatic heterocycles. The van der Waals surface area contributed by atoms with E-state index in [1.165, 1.54) is 0 Å². The Morgan fingerprint density at radius 3 is 2.48 bits per heavy atom. The average Bonchev–Trinajstić information content (AvgIpc) is 2.47. The first-order valence-corrected chi connectivity index (χ1v) is 7.69. The maximum absolute atomic E-state index is 11.7. The van der Waals surface area contributed by atoms with Crippen molar-refractivity contribution in [3.8, 4) is 0 Å². The van der Waals surface area contributed by atoms with Gasteiger partial charge in [0.2, 0.25) is 5.91 Å². The molecule has 21 heavy (non-hydrogen) atoms. The van der Waals surface area contributed by atoms with Crippen LogP contribution >= 0.6 is 0 Å². The van der Waals surface area contributed by atoms with Gasteiger partial charge in [0, 0.05) is 32.6 Å². The summed E-state index contributed by atoms with van der Waals surface area (Å²) in [6.45, 7) is 11.4. The predicted octanol–water partition coefficient (Wildman–Crippen LogP) is 1.60. The molecule has 1 aliphatic rings. The van der Waals surface area contributed by atoms with E-state index in [-0.39, 0.29) is 5.91 Å².